The number of ether oxygens (including phenoxy) is 4. The first-order valence-corrected chi connectivity index (χ1v) is 13.8. The molecule has 10 heteroatoms. The smallest absolute Gasteiger partial charge is 0.342 e. The van der Waals surface area contributed by atoms with Crippen molar-refractivity contribution in [3.8, 4) is 0 Å². The zero-order valence-corrected chi connectivity index (χ0v) is 22.1. The Labute approximate surface area is 223 Å². The van der Waals surface area contributed by atoms with Crippen molar-refractivity contribution in [2.75, 3.05) is 6.61 Å². The van der Waals surface area contributed by atoms with Gasteiger partial charge < -0.3 is 24.1 Å². The lowest BCUT2D eigenvalue weighted by molar-refractivity contribution is -0.371. The third-order valence-electron chi connectivity index (χ3n) is 12.1. The minimum absolute atomic E-state index is 0.114. The van der Waals surface area contributed by atoms with E-state index in [-0.39, 0.29) is 31.7 Å². The lowest BCUT2D eigenvalue weighted by Crippen LogP contribution is -2.79. The summed E-state index contributed by atoms with van der Waals surface area (Å²) in [5.41, 5.74) is -7.85. The second kappa shape index (κ2) is 6.29. The van der Waals surface area contributed by atoms with Crippen molar-refractivity contribution in [1.29, 1.82) is 0 Å². The van der Waals surface area contributed by atoms with E-state index in [1.165, 1.54) is 6.08 Å². The van der Waals surface area contributed by atoms with E-state index in [1.54, 1.807) is 26.0 Å². The highest BCUT2D eigenvalue weighted by Gasteiger charge is 2.93. The van der Waals surface area contributed by atoms with E-state index in [0.29, 0.717) is 6.42 Å². The quantitative estimate of drug-likeness (QED) is 0.276. The van der Waals surface area contributed by atoms with Gasteiger partial charge in [-0.1, -0.05) is 25.2 Å². The van der Waals surface area contributed by atoms with E-state index in [0.717, 1.165) is 0 Å². The number of halogens is 1. The van der Waals surface area contributed by atoms with Crippen LogP contribution in [0.1, 0.15) is 46.5 Å². The van der Waals surface area contributed by atoms with Gasteiger partial charge in [-0.25, -0.2) is 4.79 Å². The predicted molar refractivity (Wildman–Crippen MR) is 127 cm³/mol. The van der Waals surface area contributed by atoms with Crippen molar-refractivity contribution in [2.45, 2.75) is 80.0 Å². The van der Waals surface area contributed by atoms with E-state index >= 15 is 0 Å². The first-order chi connectivity index (χ1) is 17.8. The first-order valence-electron chi connectivity index (χ1n) is 13.4. The summed E-state index contributed by atoms with van der Waals surface area (Å²) in [6, 6.07) is 0. The van der Waals surface area contributed by atoms with Gasteiger partial charge in [0.25, 0.3) is 0 Å². The SMILES string of the molecule is CC12CC3OC(=O)C1COC14OC5(C2C1=O)C(O)(CCC1C4C=CC2(Cl)CC=CC(=O)C12C)C(=O)OC35C. The average molecular weight is 545 g/mol. The maximum Gasteiger partial charge on any atom is 0.342 e. The third kappa shape index (κ3) is 1.99. The summed E-state index contributed by atoms with van der Waals surface area (Å²) in [5.74, 6) is -7.23. The molecule has 0 radical (unpaired) electrons. The fourth-order valence-corrected chi connectivity index (χ4v) is 10.3. The molecule has 0 amide bonds. The van der Waals surface area contributed by atoms with E-state index in [1.807, 2.05) is 13.0 Å². The molecule has 1 N–H and O–H groups in total. The second-order valence-corrected chi connectivity index (χ2v) is 13.9. The van der Waals surface area contributed by atoms with Crippen molar-refractivity contribution in [1.82, 2.24) is 0 Å². The van der Waals surface area contributed by atoms with E-state index in [9.17, 15) is 24.3 Å². The number of rotatable bonds is 0. The molecule has 12 unspecified atom stereocenters. The summed E-state index contributed by atoms with van der Waals surface area (Å²) in [7, 11) is 0. The zero-order chi connectivity index (χ0) is 26.9. The highest BCUT2D eigenvalue weighted by molar-refractivity contribution is 6.29. The number of Topliss-reactive ketones (excluding diaryl/α,β-unsaturated/α-hetero) is 1. The number of hydrogen-bond donors (Lipinski definition) is 1. The molecule has 2 spiro atoms. The molecule has 1 saturated carbocycles. The molecule has 5 aliphatic heterocycles. The largest absolute Gasteiger partial charge is 0.458 e. The molecule has 5 saturated heterocycles. The topological polar surface area (TPSA) is 125 Å². The van der Waals surface area contributed by atoms with Crippen LogP contribution < -0.4 is 0 Å². The van der Waals surface area contributed by atoms with Gasteiger partial charge in [0.05, 0.1) is 28.7 Å². The Morgan fingerprint density at radius 1 is 1.13 bits per heavy atom. The van der Waals surface area contributed by atoms with Crippen molar-refractivity contribution < 1.29 is 43.2 Å². The van der Waals surface area contributed by atoms with Gasteiger partial charge in [0.1, 0.15) is 6.10 Å². The number of carbonyl (C=O) groups excluding carboxylic acids is 4. The fourth-order valence-electron chi connectivity index (χ4n) is 9.95. The molecule has 8 rings (SSSR count). The van der Waals surface area contributed by atoms with Crippen LogP contribution in [-0.2, 0) is 38.1 Å². The number of carbonyl (C=O) groups is 4. The van der Waals surface area contributed by atoms with Crippen LogP contribution in [-0.4, -0.2) is 68.8 Å². The molecular formula is C28H29ClO9. The van der Waals surface area contributed by atoms with Crippen molar-refractivity contribution in [3.63, 3.8) is 0 Å². The van der Waals surface area contributed by atoms with Gasteiger partial charge in [0.2, 0.25) is 5.79 Å². The summed E-state index contributed by atoms with van der Waals surface area (Å²) < 4.78 is 25.0. The van der Waals surface area contributed by atoms with Gasteiger partial charge in [0, 0.05) is 5.92 Å². The van der Waals surface area contributed by atoms with Crippen LogP contribution in [0.2, 0.25) is 0 Å². The zero-order valence-electron chi connectivity index (χ0n) is 21.3. The van der Waals surface area contributed by atoms with Crippen LogP contribution in [0.5, 0.6) is 0 Å². The number of allylic oxidation sites excluding steroid dienone is 3. The Bertz CT molecular complexity index is 1340. The summed E-state index contributed by atoms with van der Waals surface area (Å²) in [4.78, 5) is 54.4. The average Bonchev–Trinajstić information content (AvgIpc) is 3.17. The molecule has 0 aromatic rings. The minimum Gasteiger partial charge on any atom is -0.458 e. The van der Waals surface area contributed by atoms with Gasteiger partial charge in [-0.05, 0) is 56.9 Å². The van der Waals surface area contributed by atoms with Gasteiger partial charge in [-0.2, -0.15) is 0 Å². The van der Waals surface area contributed by atoms with Crippen molar-refractivity contribution in [3.05, 3.63) is 24.3 Å². The number of fused-ring (bicyclic) bond motifs is 5. The number of hydrogen-bond acceptors (Lipinski definition) is 9. The summed E-state index contributed by atoms with van der Waals surface area (Å²) in [5, 5.41) is 12.4. The molecule has 6 fully saturated rings. The van der Waals surface area contributed by atoms with Crippen molar-refractivity contribution >= 4 is 35.1 Å². The number of aliphatic hydroxyl groups is 1. The number of alkyl halides is 1. The lowest BCUT2D eigenvalue weighted by Gasteiger charge is -2.63. The highest BCUT2D eigenvalue weighted by atomic mass is 35.5. The van der Waals surface area contributed by atoms with Gasteiger partial charge >= 0.3 is 11.9 Å². The Morgan fingerprint density at radius 2 is 1.89 bits per heavy atom. The molecule has 0 aromatic heterocycles. The second-order valence-electron chi connectivity index (χ2n) is 13.2. The standard InChI is InChI=1S/C28H29ClO9/c1-22-11-17-24(3)28-18(22)19(31)27(38-28,35-12-15(22)20(32)36-17)14-6-9-25(29)8-4-5-16(30)23(25,2)13(14)7-10-26(28,34)21(33)37-24/h4-6,9,13-15,17-18,34H,7-8,10-12H2,1-3H3. The highest BCUT2D eigenvalue weighted by Crippen LogP contribution is 2.75. The number of ketones is 2. The predicted octanol–water partition coefficient (Wildman–Crippen LogP) is 1.77. The van der Waals surface area contributed by atoms with Gasteiger partial charge in [-0.15, -0.1) is 11.6 Å². The fraction of sp³-hybridized carbons (Fsp3) is 0.714. The molecule has 202 valence electrons. The monoisotopic (exact) mass is 544 g/mol. The van der Waals surface area contributed by atoms with Crippen LogP contribution in [0.3, 0.4) is 0 Å². The summed E-state index contributed by atoms with van der Waals surface area (Å²) in [6.45, 7) is 5.08. The van der Waals surface area contributed by atoms with Crippen LogP contribution in [0, 0.1) is 34.5 Å². The van der Waals surface area contributed by atoms with Crippen LogP contribution >= 0.6 is 11.6 Å². The third-order valence-corrected chi connectivity index (χ3v) is 12.8. The molecule has 5 bridgehead atoms. The molecule has 38 heavy (non-hydrogen) atoms. The summed E-state index contributed by atoms with van der Waals surface area (Å²) >= 11 is 7.13. The molecule has 0 aromatic carbocycles. The van der Waals surface area contributed by atoms with Crippen LogP contribution in [0.25, 0.3) is 0 Å². The maximum absolute atomic E-state index is 14.9. The Kier molecular flexibility index (Phi) is 3.94. The van der Waals surface area contributed by atoms with Crippen LogP contribution in [0.4, 0.5) is 0 Å². The molecule has 3 aliphatic carbocycles. The Balaban J connectivity index is 1.44. The first kappa shape index (κ1) is 23.8. The molecule has 8 aliphatic rings. The van der Waals surface area contributed by atoms with Crippen LogP contribution in [0.15, 0.2) is 24.3 Å². The Hall–Kier alpha value is -2.07. The number of esters is 2. The molecule has 5 heterocycles. The van der Waals surface area contributed by atoms with E-state index in [2.05, 4.69) is 0 Å². The molecule has 12 atom stereocenters. The van der Waals surface area contributed by atoms with Crippen molar-refractivity contribution in [2.24, 2.45) is 34.5 Å². The normalized spacial score (nSPS) is 60.9. The van der Waals surface area contributed by atoms with E-state index < -0.39 is 85.8 Å². The molecule has 9 nitrogen and oxygen atoms in total. The van der Waals surface area contributed by atoms with Gasteiger partial charge in [0.15, 0.2) is 28.4 Å². The maximum atomic E-state index is 14.9. The Morgan fingerprint density at radius 3 is 2.66 bits per heavy atom. The van der Waals surface area contributed by atoms with Gasteiger partial charge in [-0.3, -0.25) is 14.4 Å². The lowest BCUT2D eigenvalue weighted by atomic mass is 9.46. The van der Waals surface area contributed by atoms with E-state index in [4.69, 9.17) is 30.5 Å². The molecular weight excluding hydrogens is 516 g/mol. The summed E-state index contributed by atoms with van der Waals surface area (Å²) in [6.07, 6.45) is 6.70. The minimum atomic E-state index is -2.23.